The molecule has 2 aromatic rings. The molecule has 7 heteroatoms. The van der Waals surface area contributed by atoms with E-state index in [1.54, 1.807) is 18.6 Å². The molecular weight excluding hydrogens is 324 g/mol. The first kappa shape index (κ1) is 15.5. The summed E-state index contributed by atoms with van der Waals surface area (Å²) < 4.78 is 6.18. The van der Waals surface area contributed by atoms with E-state index in [9.17, 15) is 4.79 Å². The minimum Gasteiger partial charge on any atom is -0.369 e. The Balaban J connectivity index is 1.50. The van der Waals surface area contributed by atoms with Crippen molar-refractivity contribution in [2.45, 2.75) is 18.4 Å². The van der Waals surface area contributed by atoms with Crippen molar-refractivity contribution in [1.82, 2.24) is 14.9 Å². The molecule has 6 nitrogen and oxygen atoms in total. The number of thiophene rings is 1. The normalized spacial score (nSPS) is 24.3. The van der Waals surface area contributed by atoms with Gasteiger partial charge in [-0.2, -0.15) is 0 Å². The number of morpholine rings is 1. The summed E-state index contributed by atoms with van der Waals surface area (Å²) in [6.45, 7) is 3.58. The number of carbonyl (C=O) groups excluding carboxylic acids is 1. The van der Waals surface area contributed by atoms with Crippen molar-refractivity contribution in [3.05, 3.63) is 41.0 Å². The zero-order valence-electron chi connectivity index (χ0n) is 13.4. The lowest BCUT2D eigenvalue weighted by molar-refractivity contribution is -0.105. The standard InChI is InChI=1S/C17H20N4O2S/c22-16(14-3-1-10-24-14)21-8-9-23-17(13-21)4-2-7-20(12-17)15-11-18-5-6-19-15/h1,3,5-6,10-11H,2,4,7-9,12-13H2/t17-/m0/s1. The van der Waals surface area contributed by atoms with E-state index in [0.717, 1.165) is 36.6 Å². The molecule has 1 spiro atoms. The number of hydrogen-bond acceptors (Lipinski definition) is 6. The summed E-state index contributed by atoms with van der Waals surface area (Å²) in [4.78, 5) is 26.2. The second kappa shape index (κ2) is 6.49. The Bertz CT molecular complexity index is 690. The molecule has 2 saturated heterocycles. The van der Waals surface area contributed by atoms with Crippen LogP contribution in [0.4, 0.5) is 5.82 Å². The van der Waals surface area contributed by atoms with Crippen molar-refractivity contribution >= 4 is 23.1 Å². The average molecular weight is 344 g/mol. The Morgan fingerprint density at radius 3 is 3.04 bits per heavy atom. The van der Waals surface area contributed by atoms with Crippen molar-refractivity contribution in [2.75, 3.05) is 37.7 Å². The van der Waals surface area contributed by atoms with E-state index < -0.39 is 0 Å². The van der Waals surface area contributed by atoms with E-state index in [1.807, 2.05) is 22.4 Å². The molecule has 4 heterocycles. The third kappa shape index (κ3) is 3.01. The van der Waals surface area contributed by atoms with E-state index >= 15 is 0 Å². The number of amides is 1. The Morgan fingerprint density at radius 1 is 1.29 bits per heavy atom. The van der Waals surface area contributed by atoms with Crippen molar-refractivity contribution in [3.63, 3.8) is 0 Å². The molecule has 1 atom stereocenters. The first-order valence-corrected chi connectivity index (χ1v) is 9.11. The fourth-order valence-corrected chi connectivity index (χ4v) is 4.26. The second-order valence-corrected chi connectivity index (χ2v) is 7.27. The summed E-state index contributed by atoms with van der Waals surface area (Å²) in [6, 6.07) is 3.81. The summed E-state index contributed by atoms with van der Waals surface area (Å²) in [6.07, 6.45) is 7.18. The first-order chi connectivity index (χ1) is 11.8. The largest absolute Gasteiger partial charge is 0.369 e. The molecule has 2 aliphatic heterocycles. The fourth-order valence-electron chi connectivity index (χ4n) is 3.57. The maximum Gasteiger partial charge on any atom is 0.264 e. The van der Waals surface area contributed by atoms with E-state index in [4.69, 9.17) is 4.74 Å². The third-order valence-electron chi connectivity index (χ3n) is 4.68. The van der Waals surface area contributed by atoms with Gasteiger partial charge in [-0.3, -0.25) is 9.78 Å². The zero-order valence-corrected chi connectivity index (χ0v) is 14.2. The fraction of sp³-hybridized carbons (Fsp3) is 0.471. The summed E-state index contributed by atoms with van der Waals surface area (Å²) in [5.41, 5.74) is -0.305. The van der Waals surface area contributed by atoms with Crippen LogP contribution in [-0.2, 0) is 4.74 Å². The number of carbonyl (C=O) groups is 1. The zero-order chi connectivity index (χ0) is 16.4. The molecule has 0 aliphatic carbocycles. The van der Waals surface area contributed by atoms with Crippen molar-refractivity contribution in [2.24, 2.45) is 0 Å². The SMILES string of the molecule is O=C(c1cccs1)N1CCO[C@]2(CCCN(c3cnccn3)C2)C1. The number of aromatic nitrogens is 2. The lowest BCUT2D eigenvalue weighted by Crippen LogP contribution is -2.60. The van der Waals surface area contributed by atoms with Gasteiger partial charge in [-0.15, -0.1) is 11.3 Å². The number of ether oxygens (including phenoxy) is 1. The molecule has 0 saturated carbocycles. The molecule has 1 amide bonds. The van der Waals surface area contributed by atoms with E-state index in [1.165, 1.54) is 11.3 Å². The van der Waals surface area contributed by atoms with Crippen LogP contribution in [0, 0.1) is 0 Å². The molecule has 2 aromatic heterocycles. The van der Waals surface area contributed by atoms with Crippen LogP contribution in [0.2, 0.25) is 0 Å². The van der Waals surface area contributed by atoms with E-state index in [-0.39, 0.29) is 11.5 Å². The van der Waals surface area contributed by atoms with Crippen LogP contribution in [0.15, 0.2) is 36.1 Å². The van der Waals surface area contributed by atoms with Crippen molar-refractivity contribution < 1.29 is 9.53 Å². The molecule has 2 aliphatic rings. The van der Waals surface area contributed by atoms with Crippen LogP contribution in [0.5, 0.6) is 0 Å². The van der Waals surface area contributed by atoms with Gasteiger partial charge in [0.15, 0.2) is 0 Å². The van der Waals surface area contributed by atoms with Crippen LogP contribution in [0.3, 0.4) is 0 Å². The Hall–Kier alpha value is -1.99. The summed E-state index contributed by atoms with van der Waals surface area (Å²) in [7, 11) is 0. The highest BCUT2D eigenvalue weighted by Crippen LogP contribution is 2.31. The lowest BCUT2D eigenvalue weighted by Gasteiger charge is -2.48. The van der Waals surface area contributed by atoms with Gasteiger partial charge in [0.05, 0.1) is 30.8 Å². The minimum absolute atomic E-state index is 0.115. The van der Waals surface area contributed by atoms with Gasteiger partial charge in [0.25, 0.3) is 5.91 Å². The summed E-state index contributed by atoms with van der Waals surface area (Å²) in [5, 5.41) is 1.94. The van der Waals surface area contributed by atoms with Crippen LogP contribution >= 0.6 is 11.3 Å². The van der Waals surface area contributed by atoms with Crippen LogP contribution in [0.1, 0.15) is 22.5 Å². The maximum atomic E-state index is 12.7. The molecule has 4 rings (SSSR count). The Labute approximate surface area is 145 Å². The first-order valence-electron chi connectivity index (χ1n) is 8.24. The number of hydrogen-bond donors (Lipinski definition) is 0. The second-order valence-electron chi connectivity index (χ2n) is 6.32. The smallest absolute Gasteiger partial charge is 0.264 e. The Kier molecular flexibility index (Phi) is 4.20. The third-order valence-corrected chi connectivity index (χ3v) is 5.54. The van der Waals surface area contributed by atoms with Gasteiger partial charge < -0.3 is 14.5 Å². The number of rotatable bonds is 2. The van der Waals surface area contributed by atoms with Crippen molar-refractivity contribution in [3.8, 4) is 0 Å². The van der Waals surface area contributed by atoms with E-state index in [0.29, 0.717) is 19.7 Å². The molecule has 0 bridgehead atoms. The monoisotopic (exact) mass is 344 g/mol. The minimum atomic E-state index is -0.305. The molecule has 0 aromatic carbocycles. The van der Waals surface area contributed by atoms with Gasteiger partial charge in [-0.25, -0.2) is 4.98 Å². The predicted octanol–water partition coefficient (Wildman–Crippen LogP) is 2.05. The Morgan fingerprint density at radius 2 is 2.25 bits per heavy atom. The summed E-state index contributed by atoms with van der Waals surface area (Å²) in [5.74, 6) is 0.992. The lowest BCUT2D eigenvalue weighted by atomic mass is 9.90. The van der Waals surface area contributed by atoms with Crippen LogP contribution in [-0.4, -0.2) is 59.2 Å². The van der Waals surface area contributed by atoms with Gasteiger partial charge in [-0.1, -0.05) is 6.07 Å². The molecule has 2 fully saturated rings. The van der Waals surface area contributed by atoms with Gasteiger partial charge in [0, 0.05) is 25.5 Å². The van der Waals surface area contributed by atoms with Crippen LogP contribution < -0.4 is 4.90 Å². The van der Waals surface area contributed by atoms with E-state index in [2.05, 4.69) is 14.9 Å². The van der Waals surface area contributed by atoms with Gasteiger partial charge in [-0.05, 0) is 24.3 Å². The molecule has 126 valence electrons. The number of nitrogens with zero attached hydrogens (tertiary/aromatic N) is 4. The highest BCUT2D eigenvalue weighted by atomic mass is 32.1. The molecule has 0 N–H and O–H groups in total. The molecule has 0 unspecified atom stereocenters. The predicted molar refractivity (Wildman–Crippen MR) is 92.4 cm³/mol. The highest BCUT2D eigenvalue weighted by Gasteiger charge is 2.42. The highest BCUT2D eigenvalue weighted by molar-refractivity contribution is 7.12. The molecule has 24 heavy (non-hydrogen) atoms. The van der Waals surface area contributed by atoms with Crippen molar-refractivity contribution in [1.29, 1.82) is 0 Å². The quantitative estimate of drug-likeness (QED) is 0.834. The average Bonchev–Trinajstić information content (AvgIpc) is 3.17. The van der Waals surface area contributed by atoms with Gasteiger partial charge in [0.2, 0.25) is 0 Å². The molecule has 0 radical (unpaired) electrons. The van der Waals surface area contributed by atoms with Crippen LogP contribution in [0.25, 0.3) is 0 Å². The topological polar surface area (TPSA) is 58.6 Å². The molecular formula is C17H20N4O2S. The van der Waals surface area contributed by atoms with Gasteiger partial charge in [0.1, 0.15) is 11.4 Å². The summed E-state index contributed by atoms with van der Waals surface area (Å²) >= 11 is 1.50. The maximum absolute atomic E-state index is 12.7. The number of anilines is 1. The number of piperidine rings is 1. The van der Waals surface area contributed by atoms with Gasteiger partial charge >= 0.3 is 0 Å².